The molecule has 1 heterocycles. The van der Waals surface area contributed by atoms with Gasteiger partial charge in [0, 0.05) is 0 Å². The van der Waals surface area contributed by atoms with Crippen LogP contribution in [0.2, 0.25) is 0 Å². The van der Waals surface area contributed by atoms with Crippen LogP contribution in [0.15, 0.2) is 93.4 Å². The Morgan fingerprint density at radius 1 is 0.828 bits per heavy atom. The fraction of sp³-hybridized carbons (Fsp3) is 0. The number of hydrogen-bond donors (Lipinski definition) is 0. The van der Waals surface area contributed by atoms with Crippen LogP contribution >= 0.6 is 0 Å². The molecule has 29 heavy (non-hydrogen) atoms. The predicted octanol–water partition coefficient (Wildman–Crippen LogP) is 4.88. The van der Waals surface area contributed by atoms with Crippen molar-refractivity contribution in [1.29, 1.82) is 0 Å². The summed E-state index contributed by atoms with van der Waals surface area (Å²) in [5.41, 5.74) is 2.01. The van der Waals surface area contributed by atoms with Gasteiger partial charge in [0.15, 0.2) is 0 Å². The smallest absolute Gasteiger partial charge is 0.248 e. The van der Waals surface area contributed by atoms with Crippen LogP contribution in [0.25, 0.3) is 23.6 Å². The van der Waals surface area contributed by atoms with E-state index in [0.29, 0.717) is 5.56 Å². The highest BCUT2D eigenvalue weighted by molar-refractivity contribution is 7.91. The van der Waals surface area contributed by atoms with Gasteiger partial charge in [-0.2, -0.15) is 0 Å². The highest BCUT2D eigenvalue weighted by Crippen LogP contribution is 2.30. The Morgan fingerprint density at radius 3 is 2.07 bits per heavy atom. The monoisotopic (exact) mass is 406 g/mol. The predicted molar refractivity (Wildman–Crippen MR) is 107 cm³/mol. The number of benzene rings is 3. The lowest BCUT2D eigenvalue weighted by molar-refractivity contribution is 0.565. The molecule has 0 saturated heterocycles. The summed E-state index contributed by atoms with van der Waals surface area (Å²) in [4.78, 5) is 0.252. The van der Waals surface area contributed by atoms with Crippen LogP contribution in [0.1, 0.15) is 11.1 Å². The fourth-order valence-corrected chi connectivity index (χ4v) is 4.27. The number of halogens is 1. The Hall–Kier alpha value is -3.58. The first-order valence-electron chi connectivity index (χ1n) is 8.68. The lowest BCUT2D eigenvalue weighted by Crippen LogP contribution is -2.04. The van der Waals surface area contributed by atoms with Gasteiger partial charge in [0.25, 0.3) is 0 Å². The van der Waals surface area contributed by atoms with Crippen molar-refractivity contribution in [2.45, 2.75) is 9.79 Å². The van der Waals surface area contributed by atoms with E-state index in [0.717, 1.165) is 17.5 Å². The highest BCUT2D eigenvalue weighted by Gasteiger charge is 2.23. The normalized spacial score (nSPS) is 11.8. The molecule has 5 nitrogen and oxygen atoms in total. The molecule has 0 bridgehead atoms. The first-order valence-corrected chi connectivity index (χ1v) is 10.2. The second kappa shape index (κ2) is 7.81. The van der Waals surface area contributed by atoms with Crippen molar-refractivity contribution in [3.8, 4) is 11.5 Å². The Balaban J connectivity index is 1.63. The Bertz CT molecular complexity index is 1250. The molecule has 0 amide bonds. The molecule has 0 spiro atoms. The first kappa shape index (κ1) is 18.8. The number of hydrogen-bond acceptors (Lipinski definition) is 5. The molecule has 0 unspecified atom stereocenters. The topological polar surface area (TPSA) is 73.1 Å². The SMILES string of the molecule is O=S(=O)(c1ccc(C=Cc2ccc(F)cc2)cc1)c1ccccc1-c1nnco1. The third-order valence-corrected chi connectivity index (χ3v) is 6.12. The van der Waals surface area contributed by atoms with Crippen LogP contribution in [-0.4, -0.2) is 18.6 Å². The van der Waals surface area contributed by atoms with Gasteiger partial charge >= 0.3 is 0 Å². The average molecular weight is 406 g/mol. The van der Waals surface area contributed by atoms with Gasteiger partial charge in [0.1, 0.15) is 5.82 Å². The van der Waals surface area contributed by atoms with Crippen molar-refractivity contribution in [2.75, 3.05) is 0 Å². The molecule has 0 radical (unpaired) electrons. The molecule has 1 aromatic heterocycles. The van der Waals surface area contributed by atoms with E-state index in [4.69, 9.17) is 4.42 Å². The van der Waals surface area contributed by atoms with E-state index < -0.39 is 9.84 Å². The average Bonchev–Trinajstić information content (AvgIpc) is 3.28. The van der Waals surface area contributed by atoms with Crippen LogP contribution in [0.4, 0.5) is 4.39 Å². The summed E-state index contributed by atoms with van der Waals surface area (Å²) in [6.07, 6.45) is 4.81. The lowest BCUT2D eigenvalue weighted by atomic mass is 10.1. The molecule has 0 saturated carbocycles. The molecule has 4 rings (SSSR count). The van der Waals surface area contributed by atoms with Crippen molar-refractivity contribution >= 4 is 22.0 Å². The molecule has 0 N–H and O–H groups in total. The summed E-state index contributed by atoms with van der Waals surface area (Å²) in [6, 6.07) is 19.1. The van der Waals surface area contributed by atoms with Gasteiger partial charge in [-0.1, -0.05) is 48.6 Å². The van der Waals surface area contributed by atoms with E-state index in [1.54, 1.807) is 54.6 Å². The zero-order valence-electron chi connectivity index (χ0n) is 15.1. The largest absolute Gasteiger partial charge is 0.423 e. The first-order chi connectivity index (χ1) is 14.0. The third kappa shape index (κ3) is 4.00. The maximum Gasteiger partial charge on any atom is 0.248 e. The molecule has 0 aliphatic carbocycles. The fourth-order valence-electron chi connectivity index (χ4n) is 2.82. The summed E-state index contributed by atoms with van der Waals surface area (Å²) in [5, 5.41) is 7.43. The minimum atomic E-state index is -3.78. The van der Waals surface area contributed by atoms with Crippen molar-refractivity contribution < 1.29 is 17.2 Å². The van der Waals surface area contributed by atoms with Crippen molar-refractivity contribution in [3.63, 3.8) is 0 Å². The summed E-state index contributed by atoms with van der Waals surface area (Å²) < 4.78 is 44.4. The van der Waals surface area contributed by atoms with Gasteiger partial charge in [0.2, 0.25) is 22.1 Å². The van der Waals surface area contributed by atoms with Crippen LogP contribution in [0.3, 0.4) is 0 Å². The maximum absolute atomic E-state index is 13.1. The van der Waals surface area contributed by atoms with Crippen LogP contribution in [0, 0.1) is 5.82 Å². The van der Waals surface area contributed by atoms with Crippen LogP contribution in [-0.2, 0) is 9.84 Å². The van der Waals surface area contributed by atoms with E-state index in [-0.39, 0.29) is 21.5 Å². The highest BCUT2D eigenvalue weighted by atomic mass is 32.2. The molecule has 0 aliphatic rings. The number of sulfone groups is 1. The van der Waals surface area contributed by atoms with Gasteiger partial charge in [-0.3, -0.25) is 0 Å². The van der Waals surface area contributed by atoms with Crippen LogP contribution in [0.5, 0.6) is 0 Å². The van der Waals surface area contributed by atoms with Crippen molar-refractivity contribution in [3.05, 3.63) is 96.1 Å². The second-order valence-electron chi connectivity index (χ2n) is 6.20. The third-order valence-electron chi connectivity index (χ3n) is 4.30. The van der Waals surface area contributed by atoms with E-state index >= 15 is 0 Å². The van der Waals surface area contributed by atoms with Gasteiger partial charge in [-0.25, -0.2) is 12.8 Å². The van der Waals surface area contributed by atoms with E-state index in [1.807, 2.05) is 12.2 Å². The van der Waals surface area contributed by atoms with E-state index in [2.05, 4.69) is 10.2 Å². The Morgan fingerprint density at radius 2 is 1.45 bits per heavy atom. The molecular weight excluding hydrogens is 391 g/mol. The molecular formula is C22H15FN2O3S. The second-order valence-corrected chi connectivity index (χ2v) is 8.12. The molecule has 0 fully saturated rings. The molecule has 0 atom stereocenters. The minimum absolute atomic E-state index is 0.0962. The minimum Gasteiger partial charge on any atom is -0.423 e. The summed E-state index contributed by atoms with van der Waals surface area (Å²) >= 11 is 0. The van der Waals surface area contributed by atoms with Gasteiger partial charge < -0.3 is 4.42 Å². The number of nitrogens with zero attached hydrogens (tertiary/aromatic N) is 2. The van der Waals surface area contributed by atoms with E-state index in [9.17, 15) is 12.8 Å². The van der Waals surface area contributed by atoms with Crippen molar-refractivity contribution in [1.82, 2.24) is 10.2 Å². The van der Waals surface area contributed by atoms with Gasteiger partial charge in [-0.05, 0) is 47.5 Å². The standard InChI is InChI=1S/C22H15FN2O3S/c23-18-11-7-16(8-12-18)5-6-17-9-13-19(14-10-17)29(26,27)21-4-2-1-3-20(21)22-25-24-15-28-22/h1-15H. The summed E-state index contributed by atoms with van der Waals surface area (Å²) in [6.45, 7) is 0. The van der Waals surface area contributed by atoms with Crippen LogP contribution < -0.4 is 0 Å². The van der Waals surface area contributed by atoms with Crippen molar-refractivity contribution in [2.24, 2.45) is 0 Å². The molecule has 3 aromatic carbocycles. The zero-order chi connectivity index (χ0) is 20.3. The Kier molecular flexibility index (Phi) is 5.05. The zero-order valence-corrected chi connectivity index (χ0v) is 15.9. The lowest BCUT2D eigenvalue weighted by Gasteiger charge is -2.08. The molecule has 144 valence electrons. The summed E-state index contributed by atoms with van der Waals surface area (Å²) in [7, 11) is -3.78. The number of aromatic nitrogens is 2. The van der Waals surface area contributed by atoms with Gasteiger partial charge in [-0.15, -0.1) is 10.2 Å². The quantitative estimate of drug-likeness (QED) is 0.442. The number of rotatable bonds is 5. The van der Waals surface area contributed by atoms with E-state index in [1.165, 1.54) is 18.2 Å². The molecule has 4 aromatic rings. The maximum atomic E-state index is 13.1. The summed E-state index contributed by atoms with van der Waals surface area (Å²) in [5.74, 6) is -0.152. The molecule has 0 aliphatic heterocycles. The van der Waals surface area contributed by atoms with Gasteiger partial charge in [0.05, 0.1) is 15.4 Å². The molecule has 7 heteroatoms. The Labute approximate surface area is 167 Å².